The van der Waals surface area contributed by atoms with E-state index in [4.69, 9.17) is 0 Å². The molecule has 1 N–H and O–H groups in total. The van der Waals surface area contributed by atoms with Crippen molar-refractivity contribution in [3.63, 3.8) is 0 Å². The Balaban J connectivity index is 1.61. The van der Waals surface area contributed by atoms with Gasteiger partial charge in [0.2, 0.25) is 0 Å². The summed E-state index contributed by atoms with van der Waals surface area (Å²) in [7, 11) is 0. The largest absolute Gasteiger partial charge is 0.274 e. The van der Waals surface area contributed by atoms with Gasteiger partial charge in [0, 0.05) is 15.4 Å². The molecule has 5 aromatic rings. The van der Waals surface area contributed by atoms with Crippen LogP contribution in [0.15, 0.2) is 65.4 Å². The van der Waals surface area contributed by atoms with Crippen LogP contribution in [-0.2, 0) is 0 Å². The molecule has 120 valence electrons. The summed E-state index contributed by atoms with van der Waals surface area (Å²) in [6.45, 7) is 0. The van der Waals surface area contributed by atoms with Gasteiger partial charge in [-0.05, 0) is 30.3 Å². The first kappa shape index (κ1) is 14.3. The molecule has 3 aromatic heterocycles. The van der Waals surface area contributed by atoms with Crippen molar-refractivity contribution in [2.75, 3.05) is 0 Å². The Morgan fingerprint density at radius 3 is 2.72 bits per heavy atom. The van der Waals surface area contributed by atoms with E-state index in [1.807, 2.05) is 54.6 Å². The molecular formula is C18H11BrN6. The lowest BCUT2D eigenvalue weighted by molar-refractivity contribution is 0.933. The smallest absolute Gasteiger partial charge is 0.200 e. The predicted octanol–water partition coefficient (Wildman–Crippen LogP) is 4.10. The minimum absolute atomic E-state index is 0.592. The highest BCUT2D eigenvalue weighted by atomic mass is 79.9. The zero-order chi connectivity index (χ0) is 16.8. The standard InChI is InChI=1S/C18H11BrN6/c19-12-7-5-11(6-8-12)15-9-16(23-22-15)17-21-18-13-3-1-2-4-14(13)20-10-25(18)24-17/h1-10H,(H,22,23). The summed E-state index contributed by atoms with van der Waals surface area (Å²) in [5.74, 6) is 0.592. The number of nitrogens with zero attached hydrogens (tertiary/aromatic N) is 5. The van der Waals surface area contributed by atoms with Gasteiger partial charge < -0.3 is 0 Å². The van der Waals surface area contributed by atoms with Crippen LogP contribution in [-0.4, -0.2) is 29.8 Å². The highest BCUT2D eigenvalue weighted by Crippen LogP contribution is 2.25. The molecule has 0 radical (unpaired) electrons. The van der Waals surface area contributed by atoms with Crippen molar-refractivity contribution in [2.45, 2.75) is 0 Å². The summed E-state index contributed by atoms with van der Waals surface area (Å²) in [6.07, 6.45) is 1.68. The molecule has 7 heteroatoms. The number of hydrogen-bond acceptors (Lipinski definition) is 4. The minimum atomic E-state index is 0.592. The van der Waals surface area contributed by atoms with Crippen LogP contribution in [0.25, 0.3) is 39.3 Å². The number of rotatable bonds is 2. The number of benzene rings is 2. The van der Waals surface area contributed by atoms with Crippen molar-refractivity contribution < 1.29 is 0 Å². The number of nitrogens with one attached hydrogen (secondary N) is 1. The molecule has 0 fully saturated rings. The second kappa shape index (κ2) is 5.49. The number of halogens is 1. The van der Waals surface area contributed by atoms with Crippen molar-refractivity contribution in [1.29, 1.82) is 0 Å². The molecule has 0 aliphatic carbocycles. The second-order valence-electron chi connectivity index (χ2n) is 5.64. The van der Waals surface area contributed by atoms with Crippen LogP contribution in [0.5, 0.6) is 0 Å². The second-order valence-corrected chi connectivity index (χ2v) is 6.55. The minimum Gasteiger partial charge on any atom is -0.274 e. The molecule has 2 aromatic carbocycles. The SMILES string of the molecule is Brc1ccc(-c2cc(-c3nc4c5ccccc5ncn4n3)[nH]n2)cc1. The third-order valence-corrected chi connectivity index (χ3v) is 4.57. The van der Waals surface area contributed by atoms with Gasteiger partial charge in [-0.15, -0.1) is 5.10 Å². The van der Waals surface area contributed by atoms with Crippen molar-refractivity contribution in [2.24, 2.45) is 0 Å². The van der Waals surface area contributed by atoms with Crippen LogP contribution in [0, 0.1) is 0 Å². The summed E-state index contributed by atoms with van der Waals surface area (Å²) in [4.78, 5) is 9.07. The zero-order valence-electron chi connectivity index (χ0n) is 12.9. The Morgan fingerprint density at radius 1 is 1.00 bits per heavy atom. The quantitative estimate of drug-likeness (QED) is 0.492. The third-order valence-electron chi connectivity index (χ3n) is 4.04. The van der Waals surface area contributed by atoms with Gasteiger partial charge in [-0.25, -0.2) is 14.5 Å². The average molecular weight is 391 g/mol. The molecule has 0 unspecified atom stereocenters. The lowest BCUT2D eigenvalue weighted by Gasteiger charge is -1.96. The van der Waals surface area contributed by atoms with E-state index in [-0.39, 0.29) is 0 Å². The van der Waals surface area contributed by atoms with Gasteiger partial charge in [0.25, 0.3) is 0 Å². The zero-order valence-corrected chi connectivity index (χ0v) is 14.5. The van der Waals surface area contributed by atoms with Crippen LogP contribution < -0.4 is 0 Å². The monoisotopic (exact) mass is 390 g/mol. The van der Waals surface area contributed by atoms with E-state index in [9.17, 15) is 0 Å². The Labute approximate surface area is 150 Å². The number of fused-ring (bicyclic) bond motifs is 3. The van der Waals surface area contributed by atoms with E-state index in [1.54, 1.807) is 10.8 Å². The number of aromatic amines is 1. The molecule has 0 aliphatic rings. The molecule has 0 spiro atoms. The highest BCUT2D eigenvalue weighted by molar-refractivity contribution is 9.10. The Bertz CT molecular complexity index is 1210. The molecule has 5 rings (SSSR count). The van der Waals surface area contributed by atoms with Crippen LogP contribution in [0.2, 0.25) is 0 Å². The molecule has 0 atom stereocenters. The normalized spacial score (nSPS) is 11.4. The first-order valence-corrected chi connectivity index (χ1v) is 8.49. The van der Waals surface area contributed by atoms with E-state index in [0.717, 1.165) is 38.0 Å². The Hall–Kier alpha value is -3.06. The summed E-state index contributed by atoms with van der Waals surface area (Å²) >= 11 is 3.44. The van der Waals surface area contributed by atoms with Gasteiger partial charge in [-0.2, -0.15) is 5.10 Å². The maximum absolute atomic E-state index is 4.67. The van der Waals surface area contributed by atoms with E-state index in [2.05, 4.69) is 41.2 Å². The van der Waals surface area contributed by atoms with Crippen LogP contribution in [0.1, 0.15) is 0 Å². The maximum atomic E-state index is 4.67. The summed E-state index contributed by atoms with van der Waals surface area (Å²) < 4.78 is 2.73. The average Bonchev–Trinajstić information content (AvgIpc) is 3.29. The Kier molecular flexibility index (Phi) is 3.14. The van der Waals surface area contributed by atoms with Crippen LogP contribution in [0.4, 0.5) is 0 Å². The third kappa shape index (κ3) is 2.40. The number of hydrogen-bond donors (Lipinski definition) is 1. The van der Waals surface area contributed by atoms with Gasteiger partial charge >= 0.3 is 0 Å². The topological polar surface area (TPSA) is 71.8 Å². The fraction of sp³-hybridized carbons (Fsp3) is 0. The summed E-state index contributed by atoms with van der Waals surface area (Å²) in [5.41, 5.74) is 4.33. The maximum Gasteiger partial charge on any atom is 0.200 e. The molecule has 25 heavy (non-hydrogen) atoms. The summed E-state index contributed by atoms with van der Waals surface area (Å²) in [5, 5.41) is 12.9. The van der Waals surface area contributed by atoms with E-state index in [1.165, 1.54) is 0 Å². The van der Waals surface area contributed by atoms with Crippen molar-refractivity contribution in [1.82, 2.24) is 29.8 Å². The highest BCUT2D eigenvalue weighted by Gasteiger charge is 2.13. The molecule has 0 bridgehead atoms. The lowest BCUT2D eigenvalue weighted by Crippen LogP contribution is -1.90. The van der Waals surface area contributed by atoms with Gasteiger partial charge in [-0.3, -0.25) is 5.10 Å². The van der Waals surface area contributed by atoms with Crippen LogP contribution >= 0.6 is 15.9 Å². The molecule has 6 nitrogen and oxygen atoms in total. The first-order valence-electron chi connectivity index (χ1n) is 7.70. The van der Waals surface area contributed by atoms with Gasteiger partial charge in [-0.1, -0.05) is 40.2 Å². The van der Waals surface area contributed by atoms with Crippen molar-refractivity contribution in [3.05, 3.63) is 65.4 Å². The lowest BCUT2D eigenvalue weighted by atomic mass is 10.1. The fourth-order valence-electron chi connectivity index (χ4n) is 2.80. The van der Waals surface area contributed by atoms with Crippen molar-refractivity contribution in [3.8, 4) is 22.8 Å². The molecule has 0 aliphatic heterocycles. The number of H-pyrrole nitrogens is 1. The Morgan fingerprint density at radius 2 is 1.84 bits per heavy atom. The number of para-hydroxylation sites is 1. The van der Waals surface area contributed by atoms with E-state index >= 15 is 0 Å². The van der Waals surface area contributed by atoms with Gasteiger partial charge in [0.1, 0.15) is 12.0 Å². The summed E-state index contributed by atoms with van der Waals surface area (Å²) in [6, 6.07) is 17.9. The van der Waals surface area contributed by atoms with E-state index in [0.29, 0.717) is 5.82 Å². The first-order chi connectivity index (χ1) is 12.3. The number of aromatic nitrogens is 6. The van der Waals surface area contributed by atoms with Gasteiger partial charge in [0.05, 0.1) is 11.2 Å². The van der Waals surface area contributed by atoms with Crippen molar-refractivity contribution >= 4 is 32.5 Å². The molecule has 0 saturated carbocycles. The molecule has 3 heterocycles. The molecule has 0 saturated heterocycles. The fourth-order valence-corrected chi connectivity index (χ4v) is 3.06. The predicted molar refractivity (Wildman–Crippen MR) is 99.0 cm³/mol. The molecule has 0 amide bonds. The van der Waals surface area contributed by atoms with Gasteiger partial charge in [0.15, 0.2) is 11.5 Å². The van der Waals surface area contributed by atoms with E-state index < -0.39 is 0 Å². The van der Waals surface area contributed by atoms with Crippen LogP contribution in [0.3, 0.4) is 0 Å². The molecular weight excluding hydrogens is 380 g/mol.